The monoisotopic (exact) mass is 281 g/mol. The fraction of sp³-hybridized carbons (Fsp3) is 0.235. The zero-order valence-corrected chi connectivity index (χ0v) is 12.1. The molecule has 108 valence electrons. The van der Waals surface area contributed by atoms with Crippen LogP contribution in [0.5, 0.6) is 0 Å². The summed E-state index contributed by atoms with van der Waals surface area (Å²) in [5.74, 6) is 0. The van der Waals surface area contributed by atoms with E-state index in [4.69, 9.17) is 4.74 Å². The molecule has 1 aromatic carbocycles. The number of benzene rings is 1. The summed E-state index contributed by atoms with van der Waals surface area (Å²) < 4.78 is 5.12. The molecule has 21 heavy (non-hydrogen) atoms. The first-order chi connectivity index (χ1) is 10.4. The first-order valence-electron chi connectivity index (χ1n) is 7.13. The third-order valence-corrected chi connectivity index (χ3v) is 3.56. The molecule has 0 saturated carbocycles. The number of nitrogens with zero attached hydrogens (tertiary/aromatic N) is 1. The van der Waals surface area contributed by atoms with Gasteiger partial charge in [0.05, 0.1) is 5.69 Å². The standard InChI is InChI=1S/C17H19N3O/c1-21-10-4-5-13-11-18-9-8-15(13)20-17-12-19-16-7-3-2-6-14(16)17/h2-3,6-9,11-12,19H,4-5,10H2,1H3,(H,18,20). The molecule has 0 aliphatic carbocycles. The normalized spacial score (nSPS) is 10.9. The molecule has 2 aromatic heterocycles. The van der Waals surface area contributed by atoms with E-state index in [1.54, 1.807) is 7.11 Å². The Labute approximate surface area is 124 Å². The lowest BCUT2D eigenvalue weighted by atomic mass is 10.1. The zero-order valence-electron chi connectivity index (χ0n) is 12.1. The third-order valence-electron chi connectivity index (χ3n) is 3.56. The van der Waals surface area contributed by atoms with Gasteiger partial charge in [0.25, 0.3) is 0 Å². The lowest BCUT2D eigenvalue weighted by Gasteiger charge is -2.10. The van der Waals surface area contributed by atoms with Crippen molar-refractivity contribution >= 4 is 22.3 Å². The SMILES string of the molecule is COCCCc1cnccc1Nc1c[nH]c2ccccc12. The summed E-state index contributed by atoms with van der Waals surface area (Å²) in [4.78, 5) is 7.51. The molecule has 0 atom stereocenters. The largest absolute Gasteiger partial charge is 0.385 e. The molecular formula is C17H19N3O. The van der Waals surface area contributed by atoms with E-state index in [2.05, 4.69) is 27.4 Å². The van der Waals surface area contributed by atoms with Gasteiger partial charge in [-0.2, -0.15) is 0 Å². The number of pyridine rings is 1. The Balaban J connectivity index is 1.84. The van der Waals surface area contributed by atoms with Crippen molar-refractivity contribution in [3.8, 4) is 0 Å². The topological polar surface area (TPSA) is 49.9 Å². The van der Waals surface area contributed by atoms with Crippen LogP contribution in [0.25, 0.3) is 10.9 Å². The maximum absolute atomic E-state index is 5.12. The van der Waals surface area contributed by atoms with Crippen molar-refractivity contribution < 1.29 is 4.74 Å². The second-order valence-corrected chi connectivity index (χ2v) is 5.00. The summed E-state index contributed by atoms with van der Waals surface area (Å²) in [5.41, 5.74) is 4.53. The van der Waals surface area contributed by atoms with Gasteiger partial charge in [-0.15, -0.1) is 0 Å². The first kappa shape index (κ1) is 13.6. The van der Waals surface area contributed by atoms with E-state index >= 15 is 0 Å². The van der Waals surface area contributed by atoms with Crippen LogP contribution in [-0.4, -0.2) is 23.7 Å². The molecule has 0 radical (unpaired) electrons. The Hall–Kier alpha value is -2.33. The van der Waals surface area contributed by atoms with Crippen LogP contribution in [0.4, 0.5) is 11.4 Å². The minimum absolute atomic E-state index is 0.765. The molecule has 4 heteroatoms. The van der Waals surface area contributed by atoms with E-state index in [-0.39, 0.29) is 0 Å². The molecule has 4 nitrogen and oxygen atoms in total. The van der Waals surface area contributed by atoms with Crippen LogP contribution >= 0.6 is 0 Å². The minimum Gasteiger partial charge on any atom is -0.385 e. The number of aromatic nitrogens is 2. The van der Waals surface area contributed by atoms with E-state index in [1.165, 1.54) is 10.9 Å². The lowest BCUT2D eigenvalue weighted by molar-refractivity contribution is 0.195. The number of para-hydroxylation sites is 1. The highest BCUT2D eigenvalue weighted by Crippen LogP contribution is 2.27. The average Bonchev–Trinajstić information content (AvgIpc) is 2.93. The average molecular weight is 281 g/mol. The molecule has 0 fully saturated rings. The molecule has 2 heterocycles. The maximum atomic E-state index is 5.12. The van der Waals surface area contributed by atoms with Crippen molar-refractivity contribution in [2.45, 2.75) is 12.8 Å². The van der Waals surface area contributed by atoms with Gasteiger partial charge in [0.1, 0.15) is 0 Å². The summed E-state index contributed by atoms with van der Waals surface area (Å²) in [5, 5.41) is 4.70. The van der Waals surface area contributed by atoms with Gasteiger partial charge in [-0.25, -0.2) is 0 Å². The Morgan fingerprint density at radius 2 is 2.10 bits per heavy atom. The molecule has 0 unspecified atom stereocenters. The van der Waals surface area contributed by atoms with Gasteiger partial charge < -0.3 is 15.0 Å². The second kappa shape index (κ2) is 6.41. The Morgan fingerprint density at radius 1 is 1.19 bits per heavy atom. The number of rotatable bonds is 6. The Bertz CT molecular complexity index is 721. The van der Waals surface area contributed by atoms with E-state index in [0.717, 1.165) is 36.3 Å². The molecule has 0 spiro atoms. The number of nitrogens with one attached hydrogen (secondary N) is 2. The van der Waals surface area contributed by atoms with Gasteiger partial charge in [0, 0.05) is 48.9 Å². The smallest absolute Gasteiger partial charge is 0.0642 e. The summed E-state index contributed by atoms with van der Waals surface area (Å²) >= 11 is 0. The molecule has 0 bridgehead atoms. The van der Waals surface area contributed by atoms with E-state index in [9.17, 15) is 0 Å². The molecule has 3 aromatic rings. The van der Waals surface area contributed by atoms with Gasteiger partial charge in [0.2, 0.25) is 0 Å². The number of H-pyrrole nitrogens is 1. The number of hydrogen-bond donors (Lipinski definition) is 2. The van der Waals surface area contributed by atoms with E-state index in [0.29, 0.717) is 0 Å². The Morgan fingerprint density at radius 3 is 3.00 bits per heavy atom. The fourth-order valence-electron chi connectivity index (χ4n) is 2.48. The van der Waals surface area contributed by atoms with Crippen LogP contribution in [0.15, 0.2) is 48.9 Å². The van der Waals surface area contributed by atoms with Crippen LogP contribution < -0.4 is 5.32 Å². The van der Waals surface area contributed by atoms with Crippen LogP contribution in [0, 0.1) is 0 Å². The summed E-state index contributed by atoms with van der Waals surface area (Å²) in [6, 6.07) is 10.3. The molecule has 2 N–H and O–H groups in total. The highest BCUT2D eigenvalue weighted by molar-refractivity contribution is 5.94. The van der Waals surface area contributed by atoms with Crippen molar-refractivity contribution in [3.05, 3.63) is 54.5 Å². The predicted molar refractivity (Wildman–Crippen MR) is 86.0 cm³/mol. The van der Waals surface area contributed by atoms with Crippen molar-refractivity contribution in [3.63, 3.8) is 0 Å². The van der Waals surface area contributed by atoms with Gasteiger partial charge >= 0.3 is 0 Å². The van der Waals surface area contributed by atoms with Gasteiger partial charge in [-0.3, -0.25) is 4.98 Å². The van der Waals surface area contributed by atoms with Crippen LogP contribution in [0.2, 0.25) is 0 Å². The Kier molecular flexibility index (Phi) is 4.17. The predicted octanol–water partition coefficient (Wildman–Crippen LogP) is 3.89. The van der Waals surface area contributed by atoms with Crippen LogP contribution in [-0.2, 0) is 11.2 Å². The van der Waals surface area contributed by atoms with Crippen molar-refractivity contribution in [2.24, 2.45) is 0 Å². The molecule has 0 aliphatic rings. The molecule has 0 amide bonds. The number of fused-ring (bicyclic) bond motifs is 1. The van der Waals surface area contributed by atoms with Gasteiger partial charge in [0.15, 0.2) is 0 Å². The first-order valence-corrected chi connectivity index (χ1v) is 7.13. The maximum Gasteiger partial charge on any atom is 0.0642 e. The molecular weight excluding hydrogens is 262 g/mol. The number of aromatic amines is 1. The number of ether oxygens (including phenoxy) is 1. The molecule has 0 saturated heterocycles. The van der Waals surface area contributed by atoms with Crippen molar-refractivity contribution in [1.82, 2.24) is 9.97 Å². The number of hydrogen-bond acceptors (Lipinski definition) is 3. The summed E-state index contributed by atoms with van der Waals surface area (Å²) in [6.07, 6.45) is 7.69. The molecule has 0 aliphatic heterocycles. The quantitative estimate of drug-likeness (QED) is 0.674. The van der Waals surface area contributed by atoms with Crippen LogP contribution in [0.1, 0.15) is 12.0 Å². The van der Waals surface area contributed by atoms with Crippen LogP contribution in [0.3, 0.4) is 0 Å². The lowest BCUT2D eigenvalue weighted by Crippen LogP contribution is -1.99. The molecule has 3 rings (SSSR count). The number of aryl methyl sites for hydroxylation is 1. The van der Waals surface area contributed by atoms with E-state index in [1.807, 2.05) is 36.8 Å². The fourth-order valence-corrected chi connectivity index (χ4v) is 2.48. The van der Waals surface area contributed by atoms with Gasteiger partial charge in [-0.1, -0.05) is 18.2 Å². The number of methoxy groups -OCH3 is 1. The summed E-state index contributed by atoms with van der Waals surface area (Å²) in [6.45, 7) is 0.765. The summed E-state index contributed by atoms with van der Waals surface area (Å²) in [7, 11) is 1.73. The highest BCUT2D eigenvalue weighted by atomic mass is 16.5. The third kappa shape index (κ3) is 3.06. The van der Waals surface area contributed by atoms with Crippen molar-refractivity contribution in [1.29, 1.82) is 0 Å². The second-order valence-electron chi connectivity index (χ2n) is 5.00. The van der Waals surface area contributed by atoms with E-state index < -0.39 is 0 Å². The van der Waals surface area contributed by atoms with Crippen molar-refractivity contribution in [2.75, 3.05) is 19.0 Å². The number of anilines is 2. The zero-order chi connectivity index (χ0) is 14.5. The minimum atomic E-state index is 0.765. The van der Waals surface area contributed by atoms with Gasteiger partial charge in [-0.05, 0) is 30.5 Å². The highest BCUT2D eigenvalue weighted by Gasteiger charge is 2.06.